The van der Waals surface area contributed by atoms with E-state index in [4.69, 9.17) is 16.3 Å². The SMILES string of the molecule is C=CCOC(=O)NC1(C(=O)O)Cc2ccc(Cl)cc2C1. The standard InChI is InChI=1S/C14H14ClNO4/c1-2-5-20-13(19)16-14(12(17)18)7-9-3-4-11(15)6-10(9)8-14/h2-4,6H,1,5,7-8H2,(H,16,19)(H,17,18). The van der Waals surface area contributed by atoms with Gasteiger partial charge in [-0.15, -0.1) is 0 Å². The molecule has 1 unspecified atom stereocenters. The lowest BCUT2D eigenvalue weighted by molar-refractivity contribution is -0.144. The van der Waals surface area contributed by atoms with Crippen LogP contribution in [0.1, 0.15) is 11.1 Å². The third-order valence-corrected chi connectivity index (χ3v) is 3.47. The van der Waals surface area contributed by atoms with Crippen LogP contribution in [0.5, 0.6) is 0 Å². The first kappa shape index (κ1) is 14.4. The van der Waals surface area contributed by atoms with Gasteiger partial charge < -0.3 is 15.2 Å². The lowest BCUT2D eigenvalue weighted by Gasteiger charge is -2.24. The highest BCUT2D eigenvalue weighted by atomic mass is 35.5. The molecule has 1 aliphatic rings. The van der Waals surface area contributed by atoms with Crippen LogP contribution in [0.3, 0.4) is 0 Å². The van der Waals surface area contributed by atoms with Crippen molar-refractivity contribution in [1.29, 1.82) is 0 Å². The fraction of sp³-hybridized carbons (Fsp3) is 0.286. The molecule has 1 aliphatic carbocycles. The van der Waals surface area contributed by atoms with Crippen molar-refractivity contribution in [3.05, 3.63) is 47.0 Å². The summed E-state index contributed by atoms with van der Waals surface area (Å²) in [6, 6.07) is 5.20. The second-order valence-corrected chi connectivity index (χ2v) is 5.10. The number of alkyl carbamates (subject to hydrolysis) is 1. The maximum absolute atomic E-state index is 11.6. The minimum absolute atomic E-state index is 0.0281. The molecule has 0 spiro atoms. The van der Waals surface area contributed by atoms with E-state index in [1.165, 1.54) is 6.08 Å². The fourth-order valence-corrected chi connectivity index (χ4v) is 2.50. The lowest BCUT2D eigenvalue weighted by atomic mass is 9.96. The van der Waals surface area contributed by atoms with Crippen LogP contribution in [-0.4, -0.2) is 29.3 Å². The molecule has 6 heteroatoms. The fourth-order valence-electron chi connectivity index (χ4n) is 2.30. The van der Waals surface area contributed by atoms with Gasteiger partial charge in [0.1, 0.15) is 12.1 Å². The third kappa shape index (κ3) is 2.77. The van der Waals surface area contributed by atoms with Gasteiger partial charge in [0.25, 0.3) is 0 Å². The first-order valence-corrected chi connectivity index (χ1v) is 6.41. The van der Waals surface area contributed by atoms with Crippen LogP contribution in [0.4, 0.5) is 4.79 Å². The minimum Gasteiger partial charge on any atom is -0.479 e. The van der Waals surface area contributed by atoms with Gasteiger partial charge in [0, 0.05) is 17.9 Å². The molecule has 2 N–H and O–H groups in total. The number of fused-ring (bicyclic) bond motifs is 1. The molecule has 0 radical (unpaired) electrons. The highest BCUT2D eigenvalue weighted by molar-refractivity contribution is 6.30. The van der Waals surface area contributed by atoms with Crippen LogP contribution in [0, 0.1) is 0 Å². The molecule has 0 saturated carbocycles. The summed E-state index contributed by atoms with van der Waals surface area (Å²) in [5, 5.41) is 12.4. The molecule has 0 heterocycles. The maximum atomic E-state index is 11.6. The molecule has 20 heavy (non-hydrogen) atoms. The zero-order valence-electron chi connectivity index (χ0n) is 10.7. The van der Waals surface area contributed by atoms with Crippen LogP contribution in [-0.2, 0) is 22.4 Å². The van der Waals surface area contributed by atoms with Crippen molar-refractivity contribution in [3.8, 4) is 0 Å². The minimum atomic E-state index is -1.38. The van der Waals surface area contributed by atoms with Crippen molar-refractivity contribution >= 4 is 23.7 Å². The Kier molecular flexibility index (Phi) is 3.99. The zero-order valence-corrected chi connectivity index (χ0v) is 11.4. The normalized spacial score (nSPS) is 20.1. The van der Waals surface area contributed by atoms with Crippen molar-refractivity contribution in [3.63, 3.8) is 0 Å². The van der Waals surface area contributed by atoms with E-state index < -0.39 is 17.6 Å². The van der Waals surface area contributed by atoms with E-state index in [2.05, 4.69) is 11.9 Å². The van der Waals surface area contributed by atoms with E-state index in [1.807, 2.05) is 0 Å². The van der Waals surface area contributed by atoms with Gasteiger partial charge in [-0.2, -0.15) is 0 Å². The number of hydrogen-bond acceptors (Lipinski definition) is 3. The molecule has 2 rings (SSSR count). The number of nitrogens with one attached hydrogen (secondary N) is 1. The quantitative estimate of drug-likeness (QED) is 0.835. The van der Waals surface area contributed by atoms with Gasteiger partial charge >= 0.3 is 12.1 Å². The molecule has 1 aromatic carbocycles. The highest BCUT2D eigenvalue weighted by Crippen LogP contribution is 2.32. The van der Waals surface area contributed by atoms with Gasteiger partial charge in [-0.05, 0) is 23.3 Å². The molecular formula is C14H14ClNO4. The number of rotatable bonds is 4. The predicted molar refractivity (Wildman–Crippen MR) is 73.9 cm³/mol. The third-order valence-electron chi connectivity index (χ3n) is 3.24. The number of carboxylic acid groups (broad SMARTS) is 1. The number of carbonyl (C=O) groups is 2. The van der Waals surface area contributed by atoms with Crippen molar-refractivity contribution in [2.75, 3.05) is 6.61 Å². The van der Waals surface area contributed by atoms with E-state index in [0.29, 0.717) is 5.02 Å². The number of halogens is 1. The van der Waals surface area contributed by atoms with E-state index in [9.17, 15) is 14.7 Å². The largest absolute Gasteiger partial charge is 0.479 e. The summed E-state index contributed by atoms with van der Waals surface area (Å²) in [7, 11) is 0. The van der Waals surface area contributed by atoms with Crippen LogP contribution in [0.25, 0.3) is 0 Å². The van der Waals surface area contributed by atoms with E-state index in [0.717, 1.165) is 11.1 Å². The number of hydrogen-bond donors (Lipinski definition) is 2. The molecule has 0 aromatic heterocycles. The molecule has 5 nitrogen and oxygen atoms in total. The molecule has 1 amide bonds. The summed E-state index contributed by atoms with van der Waals surface area (Å²) in [6.45, 7) is 3.45. The second-order valence-electron chi connectivity index (χ2n) is 4.67. The molecule has 0 bridgehead atoms. The van der Waals surface area contributed by atoms with Crippen molar-refractivity contribution < 1.29 is 19.4 Å². The van der Waals surface area contributed by atoms with Crippen molar-refractivity contribution in [2.24, 2.45) is 0 Å². The number of benzene rings is 1. The number of carboxylic acids is 1. The molecule has 106 valence electrons. The summed E-state index contributed by atoms with van der Waals surface area (Å²) in [6.07, 6.45) is 1.03. The molecule has 1 atom stereocenters. The zero-order chi connectivity index (χ0) is 14.8. The summed E-state index contributed by atoms with van der Waals surface area (Å²) in [5.41, 5.74) is 0.301. The van der Waals surface area contributed by atoms with Crippen LogP contribution >= 0.6 is 11.6 Å². The van der Waals surface area contributed by atoms with Crippen molar-refractivity contribution in [2.45, 2.75) is 18.4 Å². The molecule has 1 aromatic rings. The molecular weight excluding hydrogens is 282 g/mol. The van der Waals surface area contributed by atoms with Crippen LogP contribution in [0.2, 0.25) is 5.02 Å². The van der Waals surface area contributed by atoms with Crippen molar-refractivity contribution in [1.82, 2.24) is 5.32 Å². The van der Waals surface area contributed by atoms with E-state index in [-0.39, 0.29) is 19.4 Å². The average molecular weight is 296 g/mol. The van der Waals surface area contributed by atoms with Gasteiger partial charge in [-0.1, -0.05) is 30.3 Å². The first-order valence-electron chi connectivity index (χ1n) is 6.03. The molecule has 0 fully saturated rings. The summed E-state index contributed by atoms with van der Waals surface area (Å²) >= 11 is 5.90. The lowest BCUT2D eigenvalue weighted by Crippen LogP contribution is -2.55. The molecule has 0 saturated heterocycles. The van der Waals surface area contributed by atoms with Crippen LogP contribution < -0.4 is 5.32 Å². The highest BCUT2D eigenvalue weighted by Gasteiger charge is 2.45. The van der Waals surface area contributed by atoms with Gasteiger partial charge in [0.05, 0.1) is 0 Å². The second kappa shape index (κ2) is 5.54. The summed E-state index contributed by atoms with van der Waals surface area (Å²) in [5.74, 6) is -1.10. The average Bonchev–Trinajstić information content (AvgIpc) is 2.74. The smallest absolute Gasteiger partial charge is 0.408 e. The summed E-state index contributed by atoms with van der Waals surface area (Å²) < 4.78 is 4.79. The monoisotopic (exact) mass is 295 g/mol. The first-order chi connectivity index (χ1) is 9.47. The Balaban J connectivity index is 2.20. The molecule has 0 aliphatic heterocycles. The Bertz CT molecular complexity index is 572. The maximum Gasteiger partial charge on any atom is 0.408 e. The van der Waals surface area contributed by atoms with Gasteiger partial charge in [-0.3, -0.25) is 0 Å². The number of ether oxygens (including phenoxy) is 1. The Hall–Kier alpha value is -2.01. The Morgan fingerprint density at radius 2 is 2.15 bits per heavy atom. The Labute approximate surface area is 121 Å². The van der Waals surface area contributed by atoms with E-state index >= 15 is 0 Å². The number of carbonyl (C=O) groups excluding carboxylic acids is 1. The Morgan fingerprint density at radius 3 is 2.80 bits per heavy atom. The van der Waals surface area contributed by atoms with Gasteiger partial charge in [-0.25, -0.2) is 9.59 Å². The van der Waals surface area contributed by atoms with E-state index in [1.54, 1.807) is 18.2 Å². The van der Waals surface area contributed by atoms with Crippen LogP contribution in [0.15, 0.2) is 30.9 Å². The summed E-state index contributed by atoms with van der Waals surface area (Å²) in [4.78, 5) is 23.2. The van der Waals surface area contributed by atoms with Gasteiger partial charge in [0.15, 0.2) is 0 Å². The predicted octanol–water partition coefficient (Wildman–Crippen LogP) is 2.17. The van der Waals surface area contributed by atoms with Gasteiger partial charge in [0.2, 0.25) is 0 Å². The Morgan fingerprint density at radius 1 is 1.45 bits per heavy atom. The number of amides is 1. The number of aliphatic carboxylic acids is 1. The topological polar surface area (TPSA) is 75.6 Å².